The van der Waals surface area contributed by atoms with Gasteiger partial charge in [-0.2, -0.15) is 0 Å². The average Bonchev–Trinajstić information content (AvgIpc) is 2.93. The SMILES string of the molecule is CC(C)N(C)Cc1cn(CC(=O)N2CCOC(C(C)(C)O)C2)nn1. The molecule has 1 amide bonds. The molecule has 2 rings (SSSR count). The van der Waals surface area contributed by atoms with E-state index < -0.39 is 5.60 Å². The molecule has 1 atom stereocenters. The van der Waals surface area contributed by atoms with E-state index in [1.807, 2.05) is 13.2 Å². The topological polar surface area (TPSA) is 83.7 Å². The van der Waals surface area contributed by atoms with E-state index >= 15 is 0 Å². The molecule has 24 heavy (non-hydrogen) atoms. The van der Waals surface area contributed by atoms with Crippen molar-refractivity contribution < 1.29 is 14.6 Å². The zero-order valence-electron chi connectivity index (χ0n) is 15.3. The van der Waals surface area contributed by atoms with Crippen molar-refractivity contribution in [2.75, 3.05) is 26.7 Å². The maximum Gasteiger partial charge on any atom is 0.244 e. The number of aromatic nitrogens is 3. The van der Waals surface area contributed by atoms with Crippen LogP contribution < -0.4 is 0 Å². The molecule has 0 aliphatic carbocycles. The third-order valence-corrected chi connectivity index (χ3v) is 4.38. The van der Waals surface area contributed by atoms with Crippen LogP contribution in [0.25, 0.3) is 0 Å². The van der Waals surface area contributed by atoms with Crippen molar-refractivity contribution in [3.8, 4) is 0 Å². The summed E-state index contributed by atoms with van der Waals surface area (Å²) in [7, 11) is 2.03. The van der Waals surface area contributed by atoms with Gasteiger partial charge in [0.2, 0.25) is 5.91 Å². The van der Waals surface area contributed by atoms with Gasteiger partial charge < -0.3 is 14.7 Å². The minimum atomic E-state index is -0.971. The van der Waals surface area contributed by atoms with Crippen molar-refractivity contribution in [2.24, 2.45) is 0 Å². The molecule has 1 fully saturated rings. The number of hydrogen-bond acceptors (Lipinski definition) is 6. The van der Waals surface area contributed by atoms with Crippen LogP contribution >= 0.6 is 0 Å². The Bertz CT molecular complexity index is 552. The number of rotatable bonds is 6. The first kappa shape index (κ1) is 18.8. The summed E-state index contributed by atoms with van der Waals surface area (Å²) in [6.45, 7) is 9.82. The van der Waals surface area contributed by atoms with E-state index in [2.05, 4.69) is 29.1 Å². The van der Waals surface area contributed by atoms with Gasteiger partial charge in [-0.1, -0.05) is 5.21 Å². The number of ether oxygens (including phenoxy) is 1. The normalized spacial score (nSPS) is 19.3. The van der Waals surface area contributed by atoms with Crippen LogP contribution in [0, 0.1) is 0 Å². The van der Waals surface area contributed by atoms with Crippen LogP contribution in [-0.2, 0) is 22.6 Å². The second kappa shape index (κ2) is 7.58. The zero-order valence-corrected chi connectivity index (χ0v) is 15.3. The number of nitrogens with zero attached hydrogens (tertiary/aromatic N) is 5. The molecule has 1 N–H and O–H groups in total. The second-order valence-corrected chi connectivity index (χ2v) is 7.27. The summed E-state index contributed by atoms with van der Waals surface area (Å²) in [4.78, 5) is 16.3. The van der Waals surface area contributed by atoms with Gasteiger partial charge >= 0.3 is 0 Å². The Kier molecular flexibility index (Phi) is 5.95. The third kappa shape index (κ3) is 4.99. The van der Waals surface area contributed by atoms with Gasteiger partial charge in [-0.3, -0.25) is 9.69 Å². The van der Waals surface area contributed by atoms with Gasteiger partial charge in [0.15, 0.2) is 0 Å². The van der Waals surface area contributed by atoms with E-state index in [1.165, 1.54) is 0 Å². The maximum absolute atomic E-state index is 12.5. The van der Waals surface area contributed by atoms with Crippen molar-refractivity contribution in [1.82, 2.24) is 24.8 Å². The molecule has 1 saturated heterocycles. The molecule has 0 aromatic carbocycles. The van der Waals surface area contributed by atoms with Crippen molar-refractivity contribution >= 4 is 5.91 Å². The first-order chi connectivity index (χ1) is 11.2. The van der Waals surface area contributed by atoms with Gasteiger partial charge in [-0.25, -0.2) is 4.68 Å². The zero-order chi connectivity index (χ0) is 17.9. The van der Waals surface area contributed by atoms with Gasteiger partial charge in [0, 0.05) is 25.7 Å². The fourth-order valence-electron chi connectivity index (χ4n) is 2.47. The molecule has 8 nitrogen and oxygen atoms in total. The second-order valence-electron chi connectivity index (χ2n) is 7.27. The number of carbonyl (C=O) groups is 1. The lowest BCUT2D eigenvalue weighted by Crippen LogP contribution is -2.54. The summed E-state index contributed by atoms with van der Waals surface area (Å²) in [5.41, 5.74) is -0.129. The fraction of sp³-hybridized carbons (Fsp3) is 0.812. The quantitative estimate of drug-likeness (QED) is 0.792. The summed E-state index contributed by atoms with van der Waals surface area (Å²) in [5, 5.41) is 18.2. The summed E-state index contributed by atoms with van der Waals surface area (Å²) in [6, 6.07) is 0.420. The molecule has 136 valence electrons. The molecule has 0 saturated carbocycles. The van der Waals surface area contributed by atoms with Gasteiger partial charge in [-0.15, -0.1) is 5.10 Å². The van der Waals surface area contributed by atoms with Crippen LogP contribution in [0.5, 0.6) is 0 Å². The maximum atomic E-state index is 12.5. The molecule has 8 heteroatoms. The predicted octanol–water partition coefficient (Wildman–Crippen LogP) is 0.117. The molecule has 1 aromatic heterocycles. The first-order valence-electron chi connectivity index (χ1n) is 8.38. The number of aliphatic hydroxyl groups is 1. The van der Waals surface area contributed by atoms with Crippen LogP contribution in [0.3, 0.4) is 0 Å². The molecule has 1 aromatic rings. The largest absolute Gasteiger partial charge is 0.388 e. The van der Waals surface area contributed by atoms with E-state index in [1.54, 1.807) is 23.4 Å². The Morgan fingerprint density at radius 3 is 2.88 bits per heavy atom. The molecule has 0 bridgehead atoms. The van der Waals surface area contributed by atoms with Gasteiger partial charge in [0.25, 0.3) is 0 Å². The fourth-order valence-corrected chi connectivity index (χ4v) is 2.47. The summed E-state index contributed by atoms with van der Waals surface area (Å²) < 4.78 is 7.13. The summed E-state index contributed by atoms with van der Waals surface area (Å²) in [6.07, 6.45) is 1.44. The van der Waals surface area contributed by atoms with Crippen molar-refractivity contribution in [2.45, 2.75) is 58.5 Å². The molecule has 1 aliphatic heterocycles. The minimum Gasteiger partial charge on any atom is -0.388 e. The molecular weight excluding hydrogens is 310 g/mol. The standard InChI is InChI=1S/C16H29N5O3/c1-12(2)19(5)8-13-9-21(18-17-13)11-15(22)20-6-7-24-14(10-20)16(3,4)23/h9,12,14,23H,6-8,10-11H2,1-5H3. The molecule has 0 radical (unpaired) electrons. The number of hydrogen-bond donors (Lipinski definition) is 1. The van der Waals surface area contributed by atoms with E-state index in [0.717, 1.165) is 5.69 Å². The van der Waals surface area contributed by atoms with Crippen molar-refractivity contribution in [1.29, 1.82) is 0 Å². The molecular formula is C16H29N5O3. The summed E-state index contributed by atoms with van der Waals surface area (Å²) in [5.74, 6) is -0.0405. The lowest BCUT2D eigenvalue weighted by atomic mass is 10.0. The molecule has 2 heterocycles. The lowest BCUT2D eigenvalue weighted by Gasteiger charge is -2.38. The third-order valence-electron chi connectivity index (χ3n) is 4.38. The Labute approximate surface area is 143 Å². The highest BCUT2D eigenvalue weighted by Gasteiger charge is 2.34. The predicted molar refractivity (Wildman–Crippen MR) is 89.2 cm³/mol. The lowest BCUT2D eigenvalue weighted by molar-refractivity contribution is -0.153. The van der Waals surface area contributed by atoms with E-state index in [9.17, 15) is 9.90 Å². The monoisotopic (exact) mass is 339 g/mol. The number of amides is 1. The highest BCUT2D eigenvalue weighted by atomic mass is 16.5. The number of carbonyl (C=O) groups excluding carboxylic acids is 1. The Hall–Kier alpha value is -1.51. The minimum absolute atomic E-state index is 0.0405. The Morgan fingerprint density at radius 1 is 1.54 bits per heavy atom. The highest BCUT2D eigenvalue weighted by molar-refractivity contribution is 5.76. The number of morpholine rings is 1. The van der Waals surface area contributed by atoms with Crippen LogP contribution in [0.15, 0.2) is 6.20 Å². The van der Waals surface area contributed by atoms with Gasteiger partial charge in [0.05, 0.1) is 24.1 Å². The van der Waals surface area contributed by atoms with Crippen molar-refractivity contribution in [3.05, 3.63) is 11.9 Å². The Balaban J connectivity index is 1.91. The Morgan fingerprint density at radius 2 is 2.25 bits per heavy atom. The van der Waals surface area contributed by atoms with Crippen LogP contribution in [0.4, 0.5) is 0 Å². The van der Waals surface area contributed by atoms with E-state index in [-0.39, 0.29) is 18.6 Å². The van der Waals surface area contributed by atoms with E-state index in [0.29, 0.717) is 32.3 Å². The molecule has 1 unspecified atom stereocenters. The van der Waals surface area contributed by atoms with Crippen LogP contribution in [-0.4, -0.2) is 80.3 Å². The molecule has 0 spiro atoms. The highest BCUT2D eigenvalue weighted by Crippen LogP contribution is 2.17. The van der Waals surface area contributed by atoms with E-state index in [4.69, 9.17) is 4.74 Å². The van der Waals surface area contributed by atoms with Crippen LogP contribution in [0.1, 0.15) is 33.4 Å². The molecule has 1 aliphatic rings. The average molecular weight is 339 g/mol. The van der Waals surface area contributed by atoms with Gasteiger partial charge in [0.1, 0.15) is 12.6 Å². The summed E-state index contributed by atoms with van der Waals surface area (Å²) >= 11 is 0. The van der Waals surface area contributed by atoms with Crippen molar-refractivity contribution in [3.63, 3.8) is 0 Å². The van der Waals surface area contributed by atoms with Crippen LogP contribution in [0.2, 0.25) is 0 Å². The first-order valence-corrected chi connectivity index (χ1v) is 8.38. The van der Waals surface area contributed by atoms with Gasteiger partial charge in [-0.05, 0) is 34.7 Å². The smallest absolute Gasteiger partial charge is 0.244 e.